The molecule has 33 heavy (non-hydrogen) atoms. The monoisotopic (exact) mass is 536 g/mol. The van der Waals surface area contributed by atoms with Gasteiger partial charge in [0.1, 0.15) is 18.0 Å². The van der Waals surface area contributed by atoms with Crippen LogP contribution in [0.25, 0.3) is 0 Å². The number of ether oxygens (including phenoxy) is 1. The van der Waals surface area contributed by atoms with Gasteiger partial charge in [0.15, 0.2) is 11.8 Å². The SMILES string of the molecule is [2H]C([2H])(OP(=O)(O)OP(=O)(O)OP(=O)(O)O)[C@H]1O[C@@H](n2c(C)cc(N)nc2=O)C(N)(C#CC)[C@H]1O. The van der Waals surface area contributed by atoms with Gasteiger partial charge >= 0.3 is 29.2 Å². The largest absolute Gasteiger partial charge is 0.490 e. The van der Waals surface area contributed by atoms with Gasteiger partial charge in [-0.15, -0.1) is 5.92 Å². The second-order valence-corrected chi connectivity index (χ2v) is 10.8. The van der Waals surface area contributed by atoms with E-state index in [-0.39, 0.29) is 11.5 Å². The molecule has 9 N–H and O–H groups in total. The van der Waals surface area contributed by atoms with E-state index in [9.17, 15) is 33.4 Å². The number of rotatable bonds is 8. The number of anilines is 1. The Morgan fingerprint density at radius 2 is 1.91 bits per heavy atom. The smallest absolute Gasteiger partial charge is 0.387 e. The van der Waals surface area contributed by atoms with Gasteiger partial charge in [-0.2, -0.15) is 13.6 Å². The number of nitrogens with zero attached hydrogens (tertiary/aromatic N) is 2. The number of aromatic nitrogens is 2. The highest BCUT2D eigenvalue weighted by atomic mass is 31.3. The quantitative estimate of drug-likeness (QED) is 0.146. The van der Waals surface area contributed by atoms with E-state index in [1.165, 1.54) is 19.9 Å². The van der Waals surface area contributed by atoms with Crippen molar-refractivity contribution in [1.29, 1.82) is 0 Å². The van der Waals surface area contributed by atoms with Crippen molar-refractivity contribution < 1.29 is 59.0 Å². The van der Waals surface area contributed by atoms with E-state index in [2.05, 4.69) is 30.0 Å². The molecule has 1 fully saturated rings. The summed E-state index contributed by atoms with van der Waals surface area (Å²) >= 11 is 0. The molecular formula is C13H21N4O13P3. The van der Waals surface area contributed by atoms with Crippen molar-refractivity contribution in [3.05, 3.63) is 22.2 Å². The van der Waals surface area contributed by atoms with Crippen molar-refractivity contribution in [2.24, 2.45) is 5.73 Å². The molecule has 17 nitrogen and oxygen atoms in total. The minimum absolute atomic E-state index is 0.0986. The third-order valence-corrected chi connectivity index (χ3v) is 7.57. The number of aliphatic hydroxyl groups excluding tert-OH is 1. The van der Waals surface area contributed by atoms with Crippen molar-refractivity contribution in [3.63, 3.8) is 0 Å². The normalized spacial score (nSPS) is 30.4. The lowest BCUT2D eigenvalue weighted by atomic mass is 9.91. The van der Waals surface area contributed by atoms with Gasteiger partial charge in [0.05, 0.1) is 9.30 Å². The van der Waals surface area contributed by atoms with Crippen molar-refractivity contribution in [1.82, 2.24) is 9.55 Å². The molecule has 1 saturated heterocycles. The predicted octanol–water partition coefficient (Wildman–Crippen LogP) is -1.54. The van der Waals surface area contributed by atoms with E-state index >= 15 is 0 Å². The van der Waals surface area contributed by atoms with E-state index in [1.54, 1.807) is 0 Å². The van der Waals surface area contributed by atoms with Crippen LogP contribution in [0, 0.1) is 18.8 Å². The summed E-state index contributed by atoms with van der Waals surface area (Å²) < 4.78 is 67.7. The Hall–Kier alpha value is -1.47. The topological polar surface area (TPSA) is 276 Å². The number of hydrogen-bond donors (Lipinski definition) is 7. The van der Waals surface area contributed by atoms with Crippen molar-refractivity contribution in [2.75, 3.05) is 12.3 Å². The molecule has 0 bridgehead atoms. The van der Waals surface area contributed by atoms with Crippen LogP contribution < -0.4 is 17.2 Å². The summed E-state index contributed by atoms with van der Waals surface area (Å²) in [7, 11) is -17.7. The fourth-order valence-electron chi connectivity index (χ4n) is 2.77. The summed E-state index contributed by atoms with van der Waals surface area (Å²) in [6, 6.07) is 1.23. The molecule has 186 valence electrons. The molecule has 1 aliphatic rings. The van der Waals surface area contributed by atoms with E-state index in [0.29, 0.717) is 0 Å². The molecule has 6 atom stereocenters. The first-order chi connectivity index (χ1) is 15.6. The molecule has 0 radical (unpaired) electrons. The first kappa shape index (κ1) is 24.6. The standard InChI is InChI=1S/C13H21N4O13P3/c1-3-4-13(15)10(18)8(28-11(13)17-7(2)5-9(14)16-12(17)19)6-27-32(23,24)30-33(25,26)29-31(20,21)22/h5,8,10-11,18H,6,15H2,1-2H3,(H,23,24)(H,25,26)(H2,14,16,19)(H2,20,21,22)/t8-,10+,11-,13?/m1/s1/i6D2. The third kappa shape index (κ3) is 6.78. The summed E-state index contributed by atoms with van der Waals surface area (Å²) in [5, 5.41) is 10.7. The van der Waals surface area contributed by atoms with Crippen LogP contribution in [0.1, 0.15) is 21.6 Å². The highest BCUT2D eigenvalue weighted by molar-refractivity contribution is 7.66. The Morgan fingerprint density at radius 1 is 1.30 bits per heavy atom. The Labute approximate surface area is 188 Å². The van der Waals surface area contributed by atoms with E-state index < -0.39 is 59.7 Å². The number of phosphoric ester groups is 1. The number of nitrogens with two attached hydrogens (primary N) is 2. The minimum atomic E-state index is -6.00. The maximum absolute atomic E-state index is 12.4. The van der Waals surface area contributed by atoms with Gasteiger partial charge in [-0.25, -0.2) is 18.5 Å². The van der Waals surface area contributed by atoms with E-state index in [4.69, 9.17) is 28.7 Å². The molecule has 2 rings (SSSR count). The zero-order valence-electron chi connectivity index (χ0n) is 18.7. The van der Waals surface area contributed by atoms with E-state index in [0.717, 1.165) is 4.57 Å². The maximum atomic E-state index is 12.4. The van der Waals surface area contributed by atoms with Crippen LogP contribution in [0.2, 0.25) is 0 Å². The average Bonchev–Trinajstić information content (AvgIpc) is 2.83. The second kappa shape index (κ2) is 9.65. The summed E-state index contributed by atoms with van der Waals surface area (Å²) in [5.41, 5.74) is 8.48. The number of nitrogen functional groups attached to an aromatic ring is 1. The van der Waals surface area contributed by atoms with Gasteiger partial charge in [-0.05, 0) is 19.9 Å². The molecule has 1 aromatic rings. The lowest BCUT2D eigenvalue weighted by molar-refractivity contribution is -0.0474. The number of aliphatic hydroxyl groups is 1. The molecule has 0 spiro atoms. The molecule has 2 heterocycles. The van der Waals surface area contributed by atoms with Crippen LogP contribution in [0.4, 0.5) is 5.82 Å². The maximum Gasteiger partial charge on any atom is 0.490 e. The molecule has 0 amide bonds. The van der Waals surface area contributed by atoms with Crippen LogP contribution in [0.15, 0.2) is 10.9 Å². The van der Waals surface area contributed by atoms with Crippen molar-refractivity contribution in [3.8, 4) is 11.8 Å². The molecule has 1 aromatic heterocycles. The second-order valence-electron chi connectivity index (χ2n) is 6.44. The Kier molecular flexibility index (Phi) is 7.21. The number of aryl methyl sites for hydroxylation is 1. The molecule has 1 aliphatic heterocycles. The van der Waals surface area contributed by atoms with Crippen LogP contribution in [-0.2, 0) is 31.6 Å². The number of phosphoric acid groups is 3. The fraction of sp³-hybridized carbons (Fsp3) is 0.538. The molecule has 0 aromatic carbocycles. The summed E-state index contributed by atoms with van der Waals surface area (Å²) in [5.74, 6) is 4.58. The van der Waals surface area contributed by atoms with Gasteiger partial charge in [-0.1, -0.05) is 5.92 Å². The van der Waals surface area contributed by atoms with Gasteiger partial charge in [0, 0.05) is 5.69 Å². The van der Waals surface area contributed by atoms with Gasteiger partial charge in [-0.3, -0.25) is 9.09 Å². The summed E-state index contributed by atoms with van der Waals surface area (Å²) in [6.45, 7) is -0.897. The lowest BCUT2D eigenvalue weighted by Crippen LogP contribution is -2.55. The highest BCUT2D eigenvalue weighted by Gasteiger charge is 2.55. The lowest BCUT2D eigenvalue weighted by Gasteiger charge is -2.29. The first-order valence-corrected chi connectivity index (χ1v) is 12.9. The first-order valence-electron chi connectivity index (χ1n) is 9.41. The van der Waals surface area contributed by atoms with Crippen molar-refractivity contribution >= 4 is 29.3 Å². The van der Waals surface area contributed by atoms with Gasteiger partial charge < -0.3 is 40.9 Å². The third-order valence-electron chi connectivity index (χ3n) is 3.90. The Bertz CT molecular complexity index is 1260. The molecular weight excluding hydrogens is 513 g/mol. The van der Waals surface area contributed by atoms with Gasteiger partial charge in [0.25, 0.3) is 0 Å². The molecule has 3 unspecified atom stereocenters. The number of hydrogen-bond acceptors (Lipinski definition) is 12. The Balaban J connectivity index is 2.45. The average molecular weight is 536 g/mol. The predicted molar refractivity (Wildman–Crippen MR) is 108 cm³/mol. The van der Waals surface area contributed by atoms with Gasteiger partial charge in [0.2, 0.25) is 0 Å². The Morgan fingerprint density at radius 3 is 2.42 bits per heavy atom. The minimum Gasteiger partial charge on any atom is -0.387 e. The van der Waals surface area contributed by atoms with Crippen LogP contribution in [-0.4, -0.2) is 58.5 Å². The molecule has 0 aliphatic carbocycles. The van der Waals surface area contributed by atoms with Crippen molar-refractivity contribution in [2.45, 2.75) is 37.8 Å². The highest BCUT2D eigenvalue weighted by Crippen LogP contribution is 2.66. The fourth-order valence-corrected chi connectivity index (χ4v) is 5.65. The zero-order valence-corrected chi connectivity index (χ0v) is 19.4. The van der Waals surface area contributed by atoms with Crippen LogP contribution in [0.5, 0.6) is 0 Å². The van der Waals surface area contributed by atoms with Crippen LogP contribution >= 0.6 is 23.5 Å². The van der Waals surface area contributed by atoms with E-state index in [1.807, 2.05) is 0 Å². The zero-order chi connectivity index (χ0) is 27.2. The molecule has 20 heteroatoms. The van der Waals surface area contributed by atoms with Crippen LogP contribution in [0.3, 0.4) is 0 Å². The summed E-state index contributed by atoms with van der Waals surface area (Å²) in [4.78, 5) is 52.0. The summed E-state index contributed by atoms with van der Waals surface area (Å²) in [6.07, 6.45) is -6.23. The molecule has 0 saturated carbocycles.